The maximum atomic E-state index is 8.44. The van der Waals surface area contributed by atoms with Crippen LogP contribution in [0.4, 0.5) is 0 Å². The summed E-state index contributed by atoms with van der Waals surface area (Å²) in [6, 6.07) is 1.11. The lowest BCUT2D eigenvalue weighted by molar-refractivity contribution is 0.109. The van der Waals surface area contributed by atoms with E-state index in [9.17, 15) is 0 Å². The summed E-state index contributed by atoms with van der Waals surface area (Å²) in [5.74, 6) is 0.991. The quantitative estimate of drug-likeness (QED) is 0.197. The molecule has 136 valence electrons. The first-order valence-electron chi connectivity index (χ1n) is 9.26. The third-order valence-electron chi connectivity index (χ3n) is 3.66. The van der Waals surface area contributed by atoms with Crippen LogP contribution in [0.2, 0.25) is 12.6 Å². The summed E-state index contributed by atoms with van der Waals surface area (Å²) < 4.78 is 12.3. The molecule has 5 heteroatoms. The highest BCUT2D eigenvalue weighted by Crippen LogP contribution is 2.22. The molecule has 0 aromatic rings. The molecule has 0 aliphatic carbocycles. The Labute approximate surface area is 149 Å². The molecule has 0 N–H and O–H groups in total. The van der Waals surface area contributed by atoms with Gasteiger partial charge in [0.15, 0.2) is 0 Å². The lowest BCUT2D eigenvalue weighted by atomic mass is 10.1. The maximum Gasteiger partial charge on any atom is 0.335 e. The molecule has 0 unspecified atom stereocenters. The molecule has 0 aromatic carbocycles. The fourth-order valence-electron chi connectivity index (χ4n) is 2.87. The molecule has 0 heterocycles. The molecular formula is C18H37NO2SSi. The van der Waals surface area contributed by atoms with Crippen LogP contribution in [-0.2, 0) is 8.85 Å². The van der Waals surface area contributed by atoms with Gasteiger partial charge in [-0.3, -0.25) is 0 Å². The standard InChI is InChI=1S/C18H37NO2SSi/c1-17(2)20-23(5,21-18(3)4)15-13-11-9-7-6-8-10-12-14-22-16-19/h17-18H,6-15H2,1-5H3. The van der Waals surface area contributed by atoms with Gasteiger partial charge in [0.25, 0.3) is 0 Å². The van der Waals surface area contributed by atoms with E-state index in [0.717, 1.165) is 11.8 Å². The van der Waals surface area contributed by atoms with E-state index in [4.69, 9.17) is 14.1 Å². The monoisotopic (exact) mass is 359 g/mol. The molecule has 0 aliphatic heterocycles. The molecule has 0 atom stereocenters. The zero-order valence-electron chi connectivity index (χ0n) is 15.9. The maximum absolute atomic E-state index is 8.44. The minimum atomic E-state index is -2.00. The van der Waals surface area contributed by atoms with E-state index in [2.05, 4.69) is 39.6 Å². The molecule has 0 fully saturated rings. The summed E-state index contributed by atoms with van der Waals surface area (Å²) in [6.45, 7) is 10.6. The molecule has 23 heavy (non-hydrogen) atoms. The van der Waals surface area contributed by atoms with E-state index in [1.54, 1.807) is 0 Å². The van der Waals surface area contributed by atoms with E-state index in [1.807, 2.05) is 0 Å². The van der Waals surface area contributed by atoms with Crippen molar-refractivity contribution in [1.82, 2.24) is 0 Å². The number of hydrogen-bond acceptors (Lipinski definition) is 4. The van der Waals surface area contributed by atoms with Crippen LogP contribution in [0.1, 0.15) is 79.1 Å². The van der Waals surface area contributed by atoms with Gasteiger partial charge in [0, 0.05) is 18.0 Å². The van der Waals surface area contributed by atoms with Crippen molar-refractivity contribution in [2.75, 3.05) is 5.75 Å². The fourth-order valence-corrected chi connectivity index (χ4v) is 6.49. The van der Waals surface area contributed by atoms with E-state index >= 15 is 0 Å². The molecule has 0 aromatic heterocycles. The van der Waals surface area contributed by atoms with Crippen molar-refractivity contribution in [2.24, 2.45) is 0 Å². The van der Waals surface area contributed by atoms with Gasteiger partial charge in [-0.05, 0) is 58.5 Å². The van der Waals surface area contributed by atoms with Gasteiger partial charge in [0.2, 0.25) is 0 Å². The number of hydrogen-bond donors (Lipinski definition) is 0. The molecular weight excluding hydrogens is 322 g/mol. The van der Waals surface area contributed by atoms with Crippen molar-refractivity contribution in [3.63, 3.8) is 0 Å². The normalized spacial score (nSPS) is 12.1. The van der Waals surface area contributed by atoms with Gasteiger partial charge in [0.1, 0.15) is 5.40 Å². The predicted octanol–water partition coefficient (Wildman–Crippen LogP) is 6.24. The minimum Gasteiger partial charge on any atom is -0.392 e. The number of nitriles is 1. The highest BCUT2D eigenvalue weighted by molar-refractivity contribution is 8.03. The van der Waals surface area contributed by atoms with Crippen LogP contribution < -0.4 is 0 Å². The SMILES string of the molecule is CC(C)O[Si](C)(CCCCCCCCCCSC#N)OC(C)C. The van der Waals surface area contributed by atoms with Gasteiger partial charge in [-0.2, -0.15) is 5.26 Å². The van der Waals surface area contributed by atoms with Gasteiger partial charge in [-0.15, -0.1) is 0 Å². The van der Waals surface area contributed by atoms with Crippen LogP contribution in [0, 0.1) is 10.7 Å². The Hall–Kier alpha value is -0.0231. The molecule has 0 radical (unpaired) electrons. The Balaban J connectivity index is 3.65. The Morgan fingerprint density at radius 2 is 1.26 bits per heavy atom. The second-order valence-electron chi connectivity index (χ2n) is 6.99. The van der Waals surface area contributed by atoms with Crippen molar-refractivity contribution in [3.05, 3.63) is 0 Å². The zero-order valence-corrected chi connectivity index (χ0v) is 17.7. The van der Waals surface area contributed by atoms with Crippen molar-refractivity contribution in [1.29, 1.82) is 5.26 Å². The van der Waals surface area contributed by atoms with Gasteiger partial charge in [0.05, 0.1) is 0 Å². The number of nitrogens with zero attached hydrogens (tertiary/aromatic N) is 1. The predicted molar refractivity (Wildman–Crippen MR) is 104 cm³/mol. The Morgan fingerprint density at radius 1 is 0.826 bits per heavy atom. The summed E-state index contributed by atoms with van der Waals surface area (Å²) in [5, 5.41) is 10.6. The summed E-state index contributed by atoms with van der Waals surface area (Å²) in [6.07, 6.45) is 10.8. The van der Waals surface area contributed by atoms with Gasteiger partial charge in [-0.25, -0.2) is 0 Å². The Bertz CT molecular complexity index is 309. The molecule has 0 aliphatic rings. The molecule has 0 rings (SSSR count). The summed E-state index contributed by atoms with van der Waals surface area (Å²) >= 11 is 1.38. The average Bonchev–Trinajstić information content (AvgIpc) is 2.43. The van der Waals surface area contributed by atoms with E-state index in [1.165, 1.54) is 63.1 Å². The van der Waals surface area contributed by atoms with Crippen LogP contribution in [-0.4, -0.2) is 26.5 Å². The lowest BCUT2D eigenvalue weighted by Crippen LogP contribution is -2.42. The average molecular weight is 360 g/mol. The second kappa shape index (κ2) is 14.3. The van der Waals surface area contributed by atoms with Crippen LogP contribution in [0.5, 0.6) is 0 Å². The largest absolute Gasteiger partial charge is 0.392 e. The van der Waals surface area contributed by atoms with Crippen LogP contribution in [0.25, 0.3) is 0 Å². The van der Waals surface area contributed by atoms with Gasteiger partial charge in [-0.1, -0.05) is 44.9 Å². The third kappa shape index (κ3) is 15.3. The number of thioether (sulfide) groups is 1. The molecule has 0 amide bonds. The highest BCUT2D eigenvalue weighted by atomic mass is 32.2. The van der Waals surface area contributed by atoms with E-state index < -0.39 is 8.56 Å². The zero-order chi connectivity index (χ0) is 17.6. The molecule has 0 spiro atoms. The Kier molecular flexibility index (Phi) is 14.3. The molecule has 3 nitrogen and oxygen atoms in total. The van der Waals surface area contributed by atoms with Crippen LogP contribution in [0.15, 0.2) is 0 Å². The third-order valence-corrected chi connectivity index (χ3v) is 7.49. The van der Waals surface area contributed by atoms with Crippen LogP contribution >= 0.6 is 11.8 Å². The number of thiocyanates is 1. The topological polar surface area (TPSA) is 42.2 Å². The Morgan fingerprint density at radius 3 is 1.70 bits per heavy atom. The first kappa shape index (κ1) is 23.0. The lowest BCUT2D eigenvalue weighted by Gasteiger charge is -2.31. The highest BCUT2D eigenvalue weighted by Gasteiger charge is 2.33. The number of unbranched alkanes of at least 4 members (excludes halogenated alkanes) is 7. The van der Waals surface area contributed by atoms with Crippen molar-refractivity contribution in [2.45, 2.75) is 104 Å². The van der Waals surface area contributed by atoms with Crippen molar-refractivity contribution >= 4 is 20.3 Å². The fraction of sp³-hybridized carbons (Fsp3) is 0.944. The number of rotatable bonds is 15. The summed E-state index contributed by atoms with van der Waals surface area (Å²) in [4.78, 5) is 0. The first-order valence-corrected chi connectivity index (χ1v) is 12.8. The molecule has 0 bridgehead atoms. The molecule has 0 saturated heterocycles. The van der Waals surface area contributed by atoms with E-state index in [-0.39, 0.29) is 12.2 Å². The van der Waals surface area contributed by atoms with Crippen molar-refractivity contribution < 1.29 is 8.85 Å². The van der Waals surface area contributed by atoms with Gasteiger partial charge >= 0.3 is 8.56 Å². The molecule has 0 saturated carbocycles. The van der Waals surface area contributed by atoms with E-state index in [0.29, 0.717) is 0 Å². The van der Waals surface area contributed by atoms with Crippen LogP contribution in [0.3, 0.4) is 0 Å². The summed E-state index contributed by atoms with van der Waals surface area (Å²) in [7, 11) is -2.00. The minimum absolute atomic E-state index is 0.254. The first-order chi connectivity index (χ1) is 10.9. The smallest absolute Gasteiger partial charge is 0.335 e. The van der Waals surface area contributed by atoms with Crippen molar-refractivity contribution in [3.8, 4) is 5.40 Å². The van der Waals surface area contributed by atoms with Gasteiger partial charge < -0.3 is 8.85 Å². The summed E-state index contributed by atoms with van der Waals surface area (Å²) in [5.41, 5.74) is 0. The second-order valence-corrected chi connectivity index (χ2v) is 11.1.